The molecule has 0 bridgehead atoms. The van der Waals surface area contributed by atoms with E-state index in [0.717, 1.165) is 11.3 Å². The molecule has 1 amide bonds. The maximum Gasteiger partial charge on any atom is 0.223 e. The Morgan fingerprint density at radius 2 is 2.00 bits per heavy atom. The monoisotopic (exact) mass is 244 g/mol. The first-order chi connectivity index (χ1) is 8.52. The van der Waals surface area contributed by atoms with Gasteiger partial charge in [-0.25, -0.2) is 0 Å². The highest BCUT2D eigenvalue weighted by atomic mass is 16.1. The van der Waals surface area contributed by atoms with Crippen LogP contribution < -0.4 is 10.2 Å². The summed E-state index contributed by atoms with van der Waals surface area (Å²) in [5.41, 5.74) is 2.06. The van der Waals surface area contributed by atoms with Gasteiger partial charge in [-0.15, -0.1) is 0 Å². The van der Waals surface area contributed by atoms with Crippen LogP contribution in [-0.2, 0) is 4.79 Å². The highest BCUT2D eigenvalue weighted by molar-refractivity contribution is 5.78. The number of amides is 1. The Morgan fingerprint density at radius 3 is 2.61 bits per heavy atom. The number of hydrogen-bond donors (Lipinski definition) is 1. The normalized spacial score (nSPS) is 9.61. The summed E-state index contributed by atoms with van der Waals surface area (Å²) >= 11 is 0. The van der Waals surface area contributed by atoms with Crippen LogP contribution in [0.25, 0.3) is 0 Å². The second kappa shape index (κ2) is 6.70. The molecule has 18 heavy (non-hydrogen) atoms. The van der Waals surface area contributed by atoms with Gasteiger partial charge < -0.3 is 10.2 Å². The summed E-state index contributed by atoms with van der Waals surface area (Å²) in [6.07, 6.45) is 0. The third-order valence-electron chi connectivity index (χ3n) is 2.48. The van der Waals surface area contributed by atoms with Gasteiger partial charge in [-0.2, -0.15) is 0 Å². The van der Waals surface area contributed by atoms with Crippen LogP contribution in [0.2, 0.25) is 0 Å². The summed E-state index contributed by atoms with van der Waals surface area (Å²) in [6.45, 7) is 4.12. The van der Waals surface area contributed by atoms with Gasteiger partial charge in [0.05, 0.1) is 12.2 Å². The number of carbonyl (C=O) groups is 1. The molecule has 96 valence electrons. The number of hydrogen-bond acceptors (Lipinski definition) is 2. The van der Waals surface area contributed by atoms with E-state index in [0.29, 0.717) is 6.54 Å². The molecule has 0 saturated carbocycles. The minimum atomic E-state index is 0.000798. The van der Waals surface area contributed by atoms with E-state index in [4.69, 9.17) is 0 Å². The van der Waals surface area contributed by atoms with Crippen molar-refractivity contribution in [2.24, 2.45) is 5.92 Å². The zero-order valence-electron chi connectivity index (χ0n) is 11.4. The van der Waals surface area contributed by atoms with E-state index in [1.54, 1.807) is 0 Å². The highest BCUT2D eigenvalue weighted by Gasteiger charge is 2.03. The Morgan fingerprint density at radius 1 is 1.33 bits per heavy atom. The molecular weight excluding hydrogens is 224 g/mol. The van der Waals surface area contributed by atoms with Crippen LogP contribution in [0.15, 0.2) is 24.3 Å². The molecule has 0 atom stereocenters. The van der Waals surface area contributed by atoms with Crippen molar-refractivity contribution in [1.82, 2.24) is 5.32 Å². The van der Waals surface area contributed by atoms with Crippen LogP contribution in [0.3, 0.4) is 0 Å². The molecule has 0 aromatic heterocycles. The van der Waals surface area contributed by atoms with Gasteiger partial charge in [0.15, 0.2) is 0 Å². The first-order valence-corrected chi connectivity index (χ1v) is 6.05. The molecule has 1 aromatic rings. The van der Waals surface area contributed by atoms with Gasteiger partial charge in [0.1, 0.15) is 0 Å². The van der Waals surface area contributed by atoms with Crippen LogP contribution in [0.1, 0.15) is 19.4 Å². The average Bonchev–Trinajstić information content (AvgIpc) is 2.34. The number of nitrogens with zero attached hydrogens (tertiary/aromatic N) is 1. The Kier molecular flexibility index (Phi) is 5.26. The van der Waals surface area contributed by atoms with E-state index in [1.807, 2.05) is 57.1 Å². The van der Waals surface area contributed by atoms with E-state index in [2.05, 4.69) is 17.2 Å². The van der Waals surface area contributed by atoms with Crippen LogP contribution in [-0.4, -0.2) is 26.5 Å². The fourth-order valence-corrected chi connectivity index (χ4v) is 1.44. The van der Waals surface area contributed by atoms with Gasteiger partial charge in [0.2, 0.25) is 5.91 Å². The molecule has 0 unspecified atom stereocenters. The number of para-hydroxylation sites is 1. The van der Waals surface area contributed by atoms with Crippen LogP contribution in [0.4, 0.5) is 5.69 Å². The quantitative estimate of drug-likeness (QED) is 0.823. The number of rotatable bonds is 3. The van der Waals surface area contributed by atoms with Crippen molar-refractivity contribution in [3.05, 3.63) is 29.8 Å². The molecule has 1 N–H and O–H groups in total. The second-order valence-corrected chi connectivity index (χ2v) is 4.59. The fourth-order valence-electron chi connectivity index (χ4n) is 1.44. The molecule has 0 radical (unpaired) electrons. The van der Waals surface area contributed by atoms with Gasteiger partial charge in [0, 0.05) is 25.6 Å². The van der Waals surface area contributed by atoms with Gasteiger partial charge in [-0.1, -0.05) is 37.8 Å². The van der Waals surface area contributed by atoms with Crippen molar-refractivity contribution in [2.45, 2.75) is 13.8 Å². The summed E-state index contributed by atoms with van der Waals surface area (Å²) in [5, 5.41) is 2.77. The van der Waals surface area contributed by atoms with Crippen molar-refractivity contribution in [3.63, 3.8) is 0 Å². The first kappa shape index (κ1) is 14.1. The van der Waals surface area contributed by atoms with Gasteiger partial charge in [-0.3, -0.25) is 4.79 Å². The topological polar surface area (TPSA) is 32.3 Å². The molecule has 3 heteroatoms. The summed E-state index contributed by atoms with van der Waals surface area (Å²) in [5.74, 6) is 6.09. The first-order valence-electron chi connectivity index (χ1n) is 6.05. The summed E-state index contributed by atoms with van der Waals surface area (Å²) < 4.78 is 0. The molecule has 0 fully saturated rings. The van der Waals surface area contributed by atoms with Gasteiger partial charge in [-0.05, 0) is 12.1 Å². The van der Waals surface area contributed by atoms with Crippen LogP contribution in [0.5, 0.6) is 0 Å². The third kappa shape index (κ3) is 4.14. The third-order valence-corrected chi connectivity index (χ3v) is 2.48. The molecule has 3 nitrogen and oxygen atoms in total. The molecule has 1 aromatic carbocycles. The van der Waals surface area contributed by atoms with Crippen molar-refractivity contribution in [2.75, 3.05) is 25.5 Å². The molecular formula is C15H20N2O. The van der Waals surface area contributed by atoms with Crippen molar-refractivity contribution in [3.8, 4) is 11.8 Å². The number of nitrogens with one attached hydrogen (secondary N) is 1. The van der Waals surface area contributed by atoms with Crippen molar-refractivity contribution in [1.29, 1.82) is 0 Å². The van der Waals surface area contributed by atoms with E-state index < -0.39 is 0 Å². The number of benzene rings is 1. The standard InChI is InChI=1S/C15H20N2O/c1-12(2)15(18)16-11-7-9-13-8-5-6-10-14(13)17(3)4/h5-6,8,10,12H,11H2,1-4H3,(H,16,18). The van der Waals surface area contributed by atoms with Crippen LogP contribution >= 0.6 is 0 Å². The Labute approximate surface area is 109 Å². The van der Waals surface area contributed by atoms with Crippen molar-refractivity contribution >= 4 is 11.6 Å². The van der Waals surface area contributed by atoms with Gasteiger partial charge in [0.25, 0.3) is 0 Å². The molecule has 0 saturated heterocycles. The van der Waals surface area contributed by atoms with E-state index >= 15 is 0 Å². The fraction of sp³-hybridized carbons (Fsp3) is 0.400. The minimum absolute atomic E-state index is 0.000798. The van der Waals surface area contributed by atoms with Gasteiger partial charge >= 0.3 is 0 Å². The van der Waals surface area contributed by atoms with Crippen molar-refractivity contribution < 1.29 is 4.79 Å². The predicted octanol–water partition coefficient (Wildman–Crippen LogP) is 1.88. The summed E-state index contributed by atoms with van der Waals surface area (Å²) in [6, 6.07) is 7.95. The Bertz CT molecular complexity index is 467. The second-order valence-electron chi connectivity index (χ2n) is 4.59. The molecule has 0 heterocycles. The lowest BCUT2D eigenvalue weighted by Crippen LogP contribution is -2.27. The van der Waals surface area contributed by atoms with Crippen LogP contribution in [0, 0.1) is 17.8 Å². The Hall–Kier alpha value is -1.95. The number of anilines is 1. The van der Waals surface area contributed by atoms with E-state index in [-0.39, 0.29) is 11.8 Å². The Balaban J connectivity index is 2.66. The molecule has 0 spiro atoms. The summed E-state index contributed by atoms with van der Waals surface area (Å²) in [4.78, 5) is 13.4. The predicted molar refractivity (Wildman–Crippen MR) is 75.5 cm³/mol. The highest BCUT2D eigenvalue weighted by Crippen LogP contribution is 2.16. The number of carbonyl (C=O) groups excluding carboxylic acids is 1. The lowest BCUT2D eigenvalue weighted by molar-refractivity contribution is -0.123. The van der Waals surface area contributed by atoms with E-state index in [1.165, 1.54) is 0 Å². The largest absolute Gasteiger partial charge is 0.377 e. The lowest BCUT2D eigenvalue weighted by Gasteiger charge is -2.13. The average molecular weight is 244 g/mol. The zero-order chi connectivity index (χ0) is 13.5. The SMILES string of the molecule is CC(C)C(=O)NCC#Cc1ccccc1N(C)C. The minimum Gasteiger partial charge on any atom is -0.377 e. The zero-order valence-corrected chi connectivity index (χ0v) is 11.4. The maximum absolute atomic E-state index is 11.3. The maximum atomic E-state index is 11.3. The van der Waals surface area contributed by atoms with E-state index in [9.17, 15) is 4.79 Å². The summed E-state index contributed by atoms with van der Waals surface area (Å²) in [7, 11) is 3.97. The smallest absolute Gasteiger partial charge is 0.223 e. The molecule has 0 aliphatic heterocycles. The molecule has 1 rings (SSSR count). The lowest BCUT2D eigenvalue weighted by atomic mass is 10.1. The molecule has 0 aliphatic carbocycles. The molecule has 0 aliphatic rings.